The van der Waals surface area contributed by atoms with Crippen molar-refractivity contribution in [3.63, 3.8) is 0 Å². The summed E-state index contributed by atoms with van der Waals surface area (Å²) in [7, 11) is 5.84. The maximum Gasteiger partial charge on any atom is 0.411 e. The van der Waals surface area contributed by atoms with Gasteiger partial charge in [0, 0.05) is 32.9 Å². The van der Waals surface area contributed by atoms with E-state index >= 15 is 0 Å². The number of anilines is 3. The Morgan fingerprint density at radius 2 is 1.91 bits per heavy atom. The molecular formula is C21H30F3N9O2. The van der Waals surface area contributed by atoms with Crippen molar-refractivity contribution in [2.24, 2.45) is 0 Å². The molecule has 0 radical (unpaired) electrons. The molecule has 0 saturated carbocycles. The van der Waals surface area contributed by atoms with E-state index in [1.54, 1.807) is 12.3 Å². The zero-order chi connectivity index (χ0) is 25.4. The summed E-state index contributed by atoms with van der Waals surface area (Å²) in [6.07, 6.45) is -1.42. The van der Waals surface area contributed by atoms with Gasteiger partial charge in [0.2, 0.25) is 5.95 Å². The molecule has 0 spiro atoms. The SMILES string of the molecule is CCOCc1nn(CCOCC(F)(F)F)c2c(Nc3ccncn3)nc(N(C)CCN(C)C)nc12. The fourth-order valence-corrected chi connectivity index (χ4v) is 3.12. The van der Waals surface area contributed by atoms with E-state index in [9.17, 15) is 13.2 Å². The van der Waals surface area contributed by atoms with Gasteiger partial charge in [-0.1, -0.05) is 0 Å². The third-order valence-corrected chi connectivity index (χ3v) is 4.85. The molecule has 192 valence electrons. The van der Waals surface area contributed by atoms with Gasteiger partial charge in [-0.25, -0.2) is 15.0 Å². The number of hydrogen-bond donors (Lipinski definition) is 1. The minimum absolute atomic E-state index is 0.0658. The van der Waals surface area contributed by atoms with Crippen LogP contribution >= 0.6 is 0 Å². The number of hydrogen-bond acceptors (Lipinski definition) is 10. The number of likely N-dealkylation sites (N-methyl/N-ethyl adjacent to an activating group) is 2. The summed E-state index contributed by atoms with van der Waals surface area (Å²) in [5.74, 6) is 1.36. The zero-order valence-electron chi connectivity index (χ0n) is 20.2. The summed E-state index contributed by atoms with van der Waals surface area (Å²) in [6.45, 7) is 2.52. The van der Waals surface area contributed by atoms with Crippen LogP contribution in [0.25, 0.3) is 11.0 Å². The first kappa shape index (κ1) is 26.5. The van der Waals surface area contributed by atoms with E-state index in [1.807, 2.05) is 33.0 Å². The Morgan fingerprint density at radius 3 is 2.57 bits per heavy atom. The van der Waals surface area contributed by atoms with Gasteiger partial charge >= 0.3 is 6.18 Å². The minimum atomic E-state index is -4.40. The molecule has 3 rings (SSSR count). The lowest BCUT2D eigenvalue weighted by molar-refractivity contribution is -0.174. The van der Waals surface area contributed by atoms with Crippen LogP contribution in [0.5, 0.6) is 0 Å². The first-order chi connectivity index (χ1) is 16.7. The van der Waals surface area contributed by atoms with Gasteiger partial charge in [0.15, 0.2) is 5.82 Å². The van der Waals surface area contributed by atoms with Crippen LogP contribution < -0.4 is 10.2 Å². The van der Waals surface area contributed by atoms with Gasteiger partial charge in [-0.05, 0) is 27.1 Å². The highest BCUT2D eigenvalue weighted by Gasteiger charge is 2.27. The second-order valence-electron chi connectivity index (χ2n) is 7.99. The summed E-state index contributed by atoms with van der Waals surface area (Å²) in [6, 6.07) is 1.68. The number of alkyl halides is 3. The fourth-order valence-electron chi connectivity index (χ4n) is 3.12. The Balaban J connectivity index is 2.03. The van der Waals surface area contributed by atoms with E-state index in [0.717, 1.165) is 6.54 Å². The van der Waals surface area contributed by atoms with Crippen molar-refractivity contribution in [1.29, 1.82) is 0 Å². The third kappa shape index (κ3) is 7.70. The number of rotatable bonds is 13. The first-order valence-electron chi connectivity index (χ1n) is 11.1. The normalized spacial score (nSPS) is 12.0. The van der Waals surface area contributed by atoms with E-state index in [4.69, 9.17) is 19.4 Å². The molecule has 0 bridgehead atoms. The summed E-state index contributed by atoms with van der Waals surface area (Å²) >= 11 is 0. The van der Waals surface area contributed by atoms with E-state index in [2.05, 4.69) is 25.3 Å². The number of aromatic nitrogens is 6. The van der Waals surface area contributed by atoms with Crippen LogP contribution in [0.4, 0.5) is 30.8 Å². The Morgan fingerprint density at radius 1 is 1.11 bits per heavy atom. The molecular weight excluding hydrogens is 467 g/mol. The summed E-state index contributed by atoms with van der Waals surface area (Å²) in [5, 5.41) is 7.74. The number of fused-ring (bicyclic) bond motifs is 1. The van der Waals surface area contributed by atoms with Crippen molar-refractivity contribution in [3.8, 4) is 0 Å². The van der Waals surface area contributed by atoms with Crippen molar-refractivity contribution >= 4 is 28.6 Å². The van der Waals surface area contributed by atoms with Crippen LogP contribution in [-0.2, 0) is 22.6 Å². The smallest absolute Gasteiger partial charge is 0.375 e. The molecule has 0 unspecified atom stereocenters. The third-order valence-electron chi connectivity index (χ3n) is 4.85. The molecule has 0 saturated heterocycles. The summed E-state index contributed by atoms with van der Waals surface area (Å²) < 4.78 is 49.4. The van der Waals surface area contributed by atoms with Crippen LogP contribution in [0, 0.1) is 0 Å². The molecule has 0 aliphatic carbocycles. The molecule has 11 nitrogen and oxygen atoms in total. The Kier molecular flexibility index (Phi) is 9.12. The molecule has 0 aliphatic rings. The first-order valence-corrected chi connectivity index (χ1v) is 11.1. The van der Waals surface area contributed by atoms with Gasteiger partial charge in [0.1, 0.15) is 35.5 Å². The Labute approximate surface area is 201 Å². The van der Waals surface area contributed by atoms with Gasteiger partial charge < -0.3 is 24.6 Å². The van der Waals surface area contributed by atoms with Crippen molar-refractivity contribution in [2.45, 2.75) is 26.3 Å². The van der Waals surface area contributed by atoms with E-state index < -0.39 is 12.8 Å². The van der Waals surface area contributed by atoms with Gasteiger partial charge in [-0.3, -0.25) is 4.68 Å². The topological polar surface area (TPSA) is 106 Å². The molecule has 0 fully saturated rings. The van der Waals surface area contributed by atoms with Crippen LogP contribution in [0.15, 0.2) is 18.6 Å². The maximum atomic E-state index is 12.5. The number of nitrogens with one attached hydrogen (secondary N) is 1. The quantitative estimate of drug-likeness (QED) is 0.354. The maximum absolute atomic E-state index is 12.5. The van der Waals surface area contributed by atoms with Crippen molar-refractivity contribution < 1.29 is 22.6 Å². The number of halogens is 3. The highest BCUT2D eigenvalue weighted by molar-refractivity contribution is 5.90. The van der Waals surface area contributed by atoms with E-state index in [1.165, 1.54) is 11.0 Å². The molecule has 14 heteroatoms. The second kappa shape index (κ2) is 12.0. The van der Waals surface area contributed by atoms with E-state index in [0.29, 0.717) is 47.5 Å². The summed E-state index contributed by atoms with van der Waals surface area (Å²) in [4.78, 5) is 21.5. The minimum Gasteiger partial charge on any atom is -0.375 e. The molecule has 35 heavy (non-hydrogen) atoms. The van der Waals surface area contributed by atoms with Crippen LogP contribution in [0.1, 0.15) is 12.6 Å². The monoisotopic (exact) mass is 497 g/mol. The van der Waals surface area contributed by atoms with Crippen molar-refractivity contribution in [3.05, 3.63) is 24.3 Å². The lowest BCUT2D eigenvalue weighted by Gasteiger charge is -2.20. The molecule has 3 aromatic rings. The van der Waals surface area contributed by atoms with Gasteiger partial charge in [-0.2, -0.15) is 23.3 Å². The largest absolute Gasteiger partial charge is 0.411 e. The van der Waals surface area contributed by atoms with Crippen molar-refractivity contribution in [1.82, 2.24) is 34.6 Å². The molecule has 3 heterocycles. The number of nitrogens with zero attached hydrogens (tertiary/aromatic N) is 8. The van der Waals surface area contributed by atoms with Crippen LogP contribution in [0.3, 0.4) is 0 Å². The second-order valence-corrected chi connectivity index (χ2v) is 7.99. The molecule has 3 aromatic heterocycles. The van der Waals surface area contributed by atoms with E-state index in [-0.39, 0.29) is 19.8 Å². The molecule has 0 aromatic carbocycles. The Bertz CT molecular complexity index is 1080. The van der Waals surface area contributed by atoms with Crippen LogP contribution in [0.2, 0.25) is 0 Å². The standard InChI is InChI=1S/C21H30F3N9O2/c1-5-34-12-15-17-18(33(30-15)10-11-35-13-21(22,23)24)19(27-16-6-7-25-14-26-16)29-20(28-17)32(4)9-8-31(2)3/h6-7,14H,5,8-13H2,1-4H3,(H,25,26,27,28,29). The lowest BCUT2D eigenvalue weighted by Crippen LogP contribution is -2.29. The number of ether oxygens (including phenoxy) is 2. The highest BCUT2D eigenvalue weighted by atomic mass is 19.4. The average Bonchev–Trinajstić information content (AvgIpc) is 3.16. The van der Waals surface area contributed by atoms with Crippen molar-refractivity contribution in [2.75, 3.05) is 64.3 Å². The molecule has 0 amide bonds. The molecule has 0 atom stereocenters. The Hall–Kier alpha value is -3.10. The highest BCUT2D eigenvalue weighted by Crippen LogP contribution is 2.28. The lowest BCUT2D eigenvalue weighted by atomic mass is 10.3. The zero-order valence-corrected chi connectivity index (χ0v) is 20.2. The molecule has 1 N–H and O–H groups in total. The predicted molar refractivity (Wildman–Crippen MR) is 125 cm³/mol. The van der Waals surface area contributed by atoms with Crippen LogP contribution in [-0.4, -0.2) is 94.8 Å². The van der Waals surface area contributed by atoms with Gasteiger partial charge in [-0.15, -0.1) is 0 Å². The van der Waals surface area contributed by atoms with Gasteiger partial charge in [0.05, 0.1) is 19.8 Å². The van der Waals surface area contributed by atoms with Gasteiger partial charge in [0.25, 0.3) is 0 Å². The summed E-state index contributed by atoms with van der Waals surface area (Å²) in [5.41, 5.74) is 1.60. The molecule has 0 aliphatic heterocycles. The fraction of sp³-hybridized carbons (Fsp3) is 0.571. The predicted octanol–water partition coefficient (Wildman–Crippen LogP) is 2.47. The average molecular weight is 498 g/mol.